The molecule has 0 aliphatic carbocycles. The summed E-state index contributed by atoms with van der Waals surface area (Å²) in [6.07, 6.45) is -0.118. The zero-order valence-electron chi connectivity index (χ0n) is 30.1. The zero-order chi connectivity index (χ0) is 40.2. The highest BCUT2D eigenvalue weighted by molar-refractivity contribution is 5.97. The second-order valence-electron chi connectivity index (χ2n) is 12.9. The highest BCUT2D eigenvalue weighted by atomic mass is 16.4. The number of amides is 7. The van der Waals surface area contributed by atoms with Gasteiger partial charge in [-0.3, -0.25) is 43.3 Å². The van der Waals surface area contributed by atoms with Gasteiger partial charge in [0.1, 0.15) is 30.2 Å². The third-order valence-electron chi connectivity index (χ3n) is 7.79. The number of hydrogen-bond donors (Lipinski definition) is 12. The molecule has 0 unspecified atom stereocenters. The predicted molar refractivity (Wildman–Crippen MR) is 187 cm³/mol. The molecule has 1 fully saturated rings. The van der Waals surface area contributed by atoms with Crippen molar-refractivity contribution in [3.8, 4) is 0 Å². The summed E-state index contributed by atoms with van der Waals surface area (Å²) >= 11 is 0. The normalized spacial score (nSPS) is 16.4. The van der Waals surface area contributed by atoms with Crippen molar-refractivity contribution in [2.24, 2.45) is 28.1 Å². The van der Waals surface area contributed by atoms with Crippen LogP contribution in [0.25, 0.3) is 0 Å². The van der Waals surface area contributed by atoms with Crippen molar-refractivity contribution in [2.45, 2.75) is 108 Å². The summed E-state index contributed by atoms with van der Waals surface area (Å²) in [5, 5.41) is 35.6. The highest BCUT2D eigenvalue weighted by Gasteiger charge is 2.32. The van der Waals surface area contributed by atoms with Gasteiger partial charge in [-0.1, -0.05) is 13.8 Å². The molecule has 1 aliphatic heterocycles. The minimum absolute atomic E-state index is 0.0263. The zero-order valence-corrected chi connectivity index (χ0v) is 30.1. The lowest BCUT2D eigenvalue weighted by molar-refractivity contribution is -0.143. The van der Waals surface area contributed by atoms with Gasteiger partial charge in [-0.15, -0.1) is 0 Å². The summed E-state index contributed by atoms with van der Waals surface area (Å²) < 4.78 is 0. The van der Waals surface area contributed by atoms with Gasteiger partial charge in [-0.25, -0.2) is 4.79 Å². The number of carboxylic acid groups (broad SMARTS) is 2. The van der Waals surface area contributed by atoms with Crippen LogP contribution < -0.4 is 54.4 Å². The Bertz CT molecular complexity index is 1360. The van der Waals surface area contributed by atoms with Crippen LogP contribution in [0.2, 0.25) is 0 Å². The van der Waals surface area contributed by atoms with E-state index in [-0.39, 0.29) is 37.2 Å². The second-order valence-corrected chi connectivity index (χ2v) is 12.9. The van der Waals surface area contributed by atoms with E-state index in [9.17, 15) is 48.3 Å². The molecule has 0 aromatic carbocycles. The lowest BCUT2D eigenvalue weighted by Crippen LogP contribution is -2.58. The lowest BCUT2D eigenvalue weighted by Gasteiger charge is -2.25. The Labute approximate surface area is 305 Å². The molecule has 53 heavy (non-hydrogen) atoms. The summed E-state index contributed by atoms with van der Waals surface area (Å²) in [6.45, 7) is 5.21. The van der Waals surface area contributed by atoms with Gasteiger partial charge in [0, 0.05) is 13.0 Å². The van der Waals surface area contributed by atoms with E-state index in [0.717, 1.165) is 6.42 Å². The molecule has 15 N–H and O–H groups in total. The van der Waals surface area contributed by atoms with Gasteiger partial charge in [0.2, 0.25) is 41.4 Å². The average molecular weight is 756 g/mol. The van der Waals surface area contributed by atoms with Gasteiger partial charge in [0.05, 0.1) is 19.0 Å². The molecule has 0 spiro atoms. The van der Waals surface area contributed by atoms with Crippen molar-refractivity contribution in [3.63, 3.8) is 0 Å². The lowest BCUT2D eigenvalue weighted by atomic mass is 10.0. The molecule has 1 saturated heterocycles. The fraction of sp³-hybridized carbons (Fsp3) is 0.677. The van der Waals surface area contributed by atoms with Crippen LogP contribution in [0.3, 0.4) is 0 Å². The van der Waals surface area contributed by atoms with Crippen molar-refractivity contribution < 1.29 is 53.4 Å². The maximum Gasteiger partial charge on any atom is 0.326 e. The SMILES string of the molecule is CC(C)C[C@H](NC(=O)[C@@H]1CCCN1)C(=O)NCC(=O)N[C@@H](C)C(=O)N[C@@H](CCCN=C(N)N)C(=O)N[C@@H](CC(N)=O)C(=O)N[C@@H](CCC(=O)O)C(=O)O. The number of carbonyl (C=O) groups is 9. The minimum Gasteiger partial charge on any atom is -0.481 e. The van der Waals surface area contributed by atoms with E-state index in [2.05, 4.69) is 42.2 Å². The monoisotopic (exact) mass is 755 g/mol. The third-order valence-corrected chi connectivity index (χ3v) is 7.79. The van der Waals surface area contributed by atoms with Crippen molar-refractivity contribution in [2.75, 3.05) is 19.6 Å². The fourth-order valence-electron chi connectivity index (χ4n) is 5.08. The number of hydrogen-bond acceptors (Lipinski definition) is 11. The Morgan fingerprint density at radius 3 is 1.94 bits per heavy atom. The first-order chi connectivity index (χ1) is 24.8. The van der Waals surface area contributed by atoms with E-state index < -0.39 is 109 Å². The Morgan fingerprint density at radius 2 is 1.40 bits per heavy atom. The second kappa shape index (κ2) is 23.1. The van der Waals surface area contributed by atoms with Crippen LogP contribution >= 0.6 is 0 Å². The van der Waals surface area contributed by atoms with Gasteiger partial charge in [-0.2, -0.15) is 0 Å². The van der Waals surface area contributed by atoms with Gasteiger partial charge < -0.3 is 64.6 Å². The van der Waals surface area contributed by atoms with Crippen LogP contribution in [-0.2, 0) is 43.2 Å². The molecule has 0 aromatic heterocycles. The Balaban J connectivity index is 2.97. The first-order valence-electron chi connectivity index (χ1n) is 17.1. The molecule has 6 atom stereocenters. The summed E-state index contributed by atoms with van der Waals surface area (Å²) in [5.41, 5.74) is 15.9. The van der Waals surface area contributed by atoms with E-state index >= 15 is 0 Å². The molecule has 22 heteroatoms. The molecule has 298 valence electrons. The van der Waals surface area contributed by atoms with Crippen LogP contribution in [0, 0.1) is 5.92 Å². The maximum absolute atomic E-state index is 13.4. The number of aliphatic carboxylic acids is 2. The number of carboxylic acids is 2. The summed E-state index contributed by atoms with van der Waals surface area (Å²) in [7, 11) is 0. The van der Waals surface area contributed by atoms with E-state index in [1.165, 1.54) is 6.92 Å². The molecule has 7 amide bonds. The van der Waals surface area contributed by atoms with Crippen molar-refractivity contribution >= 4 is 59.2 Å². The topological polar surface area (TPSA) is 369 Å². The van der Waals surface area contributed by atoms with Crippen LogP contribution in [0.15, 0.2) is 4.99 Å². The predicted octanol–water partition coefficient (Wildman–Crippen LogP) is -4.78. The van der Waals surface area contributed by atoms with Crippen molar-refractivity contribution in [1.82, 2.24) is 37.2 Å². The highest BCUT2D eigenvalue weighted by Crippen LogP contribution is 2.09. The smallest absolute Gasteiger partial charge is 0.326 e. The van der Waals surface area contributed by atoms with Gasteiger partial charge in [0.25, 0.3) is 0 Å². The molecule has 0 radical (unpaired) electrons. The van der Waals surface area contributed by atoms with Crippen molar-refractivity contribution in [1.29, 1.82) is 0 Å². The van der Waals surface area contributed by atoms with E-state index in [4.69, 9.17) is 22.3 Å². The molecule has 1 heterocycles. The molecule has 0 aromatic rings. The Morgan fingerprint density at radius 1 is 0.774 bits per heavy atom. The van der Waals surface area contributed by atoms with Gasteiger partial charge >= 0.3 is 11.9 Å². The Kier molecular flexibility index (Phi) is 19.8. The fourth-order valence-corrected chi connectivity index (χ4v) is 5.08. The van der Waals surface area contributed by atoms with Crippen LogP contribution in [0.4, 0.5) is 0 Å². The quantitative estimate of drug-likeness (QED) is 0.0250. The molecule has 1 rings (SSSR count). The number of carbonyl (C=O) groups excluding carboxylic acids is 7. The molecular weight excluding hydrogens is 702 g/mol. The van der Waals surface area contributed by atoms with Crippen molar-refractivity contribution in [3.05, 3.63) is 0 Å². The van der Waals surface area contributed by atoms with E-state index in [1.54, 1.807) is 0 Å². The molecule has 1 aliphatic rings. The number of nitrogens with one attached hydrogen (secondary N) is 7. The summed E-state index contributed by atoms with van der Waals surface area (Å²) in [5.74, 6) is -8.86. The van der Waals surface area contributed by atoms with Crippen LogP contribution in [-0.4, -0.2) is 125 Å². The minimum atomic E-state index is -1.72. The third kappa shape index (κ3) is 18.5. The molecular formula is C31H53N11O11. The number of guanidine groups is 1. The Hall–Kier alpha value is -5.54. The molecule has 0 saturated carbocycles. The summed E-state index contributed by atoms with van der Waals surface area (Å²) in [6, 6.07) is -7.38. The molecule has 22 nitrogen and oxygen atoms in total. The molecule has 0 bridgehead atoms. The first kappa shape index (κ1) is 45.5. The standard InChI is InChI=1S/C31H53N11O11/c1-15(2)12-20(41-27(49)17-6-4-10-35-17)26(48)37-14-23(44)38-16(3)25(47)39-18(7-5-11-36-31(33)34)28(50)42-21(13-22(32)43)29(51)40-19(30(52)53)8-9-24(45)46/h15-21,35H,4-14H2,1-3H3,(H2,32,43)(H,37,48)(H,38,44)(H,39,47)(H,40,51)(H,41,49)(H,42,50)(H,45,46)(H,52,53)(H4,33,34,36)/t16-,17-,18-,19-,20-,21-/m0/s1. The van der Waals surface area contributed by atoms with Crippen LogP contribution in [0.1, 0.15) is 72.1 Å². The largest absolute Gasteiger partial charge is 0.481 e. The number of nitrogens with two attached hydrogens (primary N) is 3. The maximum atomic E-state index is 13.4. The number of aliphatic imine (C=N–C) groups is 1. The first-order valence-corrected chi connectivity index (χ1v) is 17.1. The van der Waals surface area contributed by atoms with E-state index in [0.29, 0.717) is 19.4 Å². The summed E-state index contributed by atoms with van der Waals surface area (Å²) in [4.78, 5) is 116. The number of nitrogens with zero attached hydrogens (tertiary/aromatic N) is 1. The average Bonchev–Trinajstić information content (AvgIpc) is 3.60. The van der Waals surface area contributed by atoms with Crippen LogP contribution in [0.5, 0.6) is 0 Å². The number of rotatable bonds is 24. The van der Waals surface area contributed by atoms with Gasteiger partial charge in [-0.05, 0) is 57.9 Å². The van der Waals surface area contributed by atoms with E-state index in [1.807, 2.05) is 13.8 Å². The number of primary amides is 1. The van der Waals surface area contributed by atoms with Gasteiger partial charge in [0.15, 0.2) is 5.96 Å².